The van der Waals surface area contributed by atoms with Crippen molar-refractivity contribution >= 4 is 30.0 Å². The van der Waals surface area contributed by atoms with Gasteiger partial charge in [-0.2, -0.15) is 0 Å². The van der Waals surface area contributed by atoms with Gasteiger partial charge in [0.15, 0.2) is 5.82 Å². The third-order valence-corrected chi connectivity index (χ3v) is 7.50. The standard InChI is InChI=1S/C22H32N4O/c1-5-18-20(23-6-2)26(16-8-7-9-16)21(24-18)25-19(27)12-14-10-11-15-13-17(14)22(15,3)4/h5-6,14-17H,1,7-13H2,2-4H3,(H,24,25,27). The molecule has 1 aromatic rings. The number of hydrogen-bond acceptors (Lipinski definition) is 3. The first kappa shape index (κ1) is 18.5. The largest absolute Gasteiger partial charge is 0.296 e. The number of anilines is 1. The van der Waals surface area contributed by atoms with E-state index in [1.165, 1.54) is 25.7 Å². The summed E-state index contributed by atoms with van der Waals surface area (Å²) in [5, 5.41) is 3.12. The van der Waals surface area contributed by atoms with Crippen molar-refractivity contribution in [1.82, 2.24) is 9.55 Å². The molecule has 0 saturated heterocycles. The van der Waals surface area contributed by atoms with Gasteiger partial charge in [0.25, 0.3) is 0 Å². The molecule has 4 aliphatic carbocycles. The fourth-order valence-corrected chi connectivity index (χ4v) is 5.53. The van der Waals surface area contributed by atoms with Crippen molar-refractivity contribution < 1.29 is 4.79 Å². The van der Waals surface area contributed by atoms with Crippen LogP contribution >= 0.6 is 0 Å². The Morgan fingerprint density at radius 3 is 2.70 bits per heavy atom. The monoisotopic (exact) mass is 368 g/mol. The highest BCUT2D eigenvalue weighted by Crippen LogP contribution is 2.62. The minimum Gasteiger partial charge on any atom is -0.296 e. The van der Waals surface area contributed by atoms with Crippen LogP contribution in [0, 0.1) is 23.2 Å². The van der Waals surface area contributed by atoms with Crippen molar-refractivity contribution in [2.24, 2.45) is 28.2 Å². The van der Waals surface area contributed by atoms with Crippen molar-refractivity contribution in [3.63, 3.8) is 0 Å². The normalized spacial score (nSPS) is 29.2. The maximum atomic E-state index is 12.9. The lowest BCUT2D eigenvalue weighted by molar-refractivity contribution is -0.128. The summed E-state index contributed by atoms with van der Waals surface area (Å²) >= 11 is 0. The first-order valence-corrected chi connectivity index (χ1v) is 10.5. The van der Waals surface area contributed by atoms with Crippen LogP contribution in [-0.2, 0) is 4.79 Å². The second-order valence-corrected chi connectivity index (χ2v) is 9.14. The number of carbonyl (C=O) groups excluding carboxylic acids is 1. The average Bonchev–Trinajstić information content (AvgIpc) is 2.91. The summed E-state index contributed by atoms with van der Waals surface area (Å²) < 4.78 is 2.11. The summed E-state index contributed by atoms with van der Waals surface area (Å²) in [5.41, 5.74) is 1.16. The molecular formula is C22H32N4O. The smallest absolute Gasteiger partial charge is 0.226 e. The minimum atomic E-state index is 0.0920. The molecule has 1 amide bonds. The molecule has 0 aromatic carbocycles. The Bertz CT molecular complexity index is 770. The molecule has 1 heterocycles. The number of imidazole rings is 1. The van der Waals surface area contributed by atoms with E-state index in [0.29, 0.717) is 35.7 Å². The first-order valence-electron chi connectivity index (χ1n) is 10.5. The van der Waals surface area contributed by atoms with Crippen LogP contribution < -0.4 is 5.32 Å². The molecule has 5 heteroatoms. The topological polar surface area (TPSA) is 59.3 Å². The summed E-state index contributed by atoms with van der Waals surface area (Å²) in [6.45, 7) is 10.5. The van der Waals surface area contributed by atoms with Crippen molar-refractivity contribution in [2.45, 2.75) is 71.8 Å². The van der Waals surface area contributed by atoms with E-state index in [-0.39, 0.29) is 5.91 Å². The van der Waals surface area contributed by atoms with E-state index >= 15 is 0 Å². The van der Waals surface area contributed by atoms with Crippen LogP contribution in [-0.4, -0.2) is 21.7 Å². The van der Waals surface area contributed by atoms with E-state index in [0.717, 1.165) is 30.3 Å². The Morgan fingerprint density at radius 1 is 1.37 bits per heavy atom. The first-order chi connectivity index (χ1) is 13.0. The van der Waals surface area contributed by atoms with Crippen LogP contribution in [0.3, 0.4) is 0 Å². The number of carbonyl (C=O) groups is 1. The fourth-order valence-electron chi connectivity index (χ4n) is 5.53. The van der Waals surface area contributed by atoms with Gasteiger partial charge in [-0.25, -0.2) is 9.98 Å². The van der Waals surface area contributed by atoms with E-state index in [1.54, 1.807) is 12.3 Å². The molecule has 5 nitrogen and oxygen atoms in total. The Labute approximate surface area is 162 Å². The lowest BCUT2D eigenvalue weighted by atomic mass is 9.45. The maximum absolute atomic E-state index is 12.9. The molecule has 0 radical (unpaired) electrons. The Balaban J connectivity index is 1.52. The summed E-state index contributed by atoms with van der Waals surface area (Å²) in [4.78, 5) is 22.0. The van der Waals surface area contributed by atoms with Gasteiger partial charge in [-0.15, -0.1) is 0 Å². The van der Waals surface area contributed by atoms with Gasteiger partial charge in [0.05, 0.1) is 0 Å². The number of nitrogens with one attached hydrogen (secondary N) is 1. The molecule has 27 heavy (non-hydrogen) atoms. The average molecular weight is 369 g/mol. The number of fused-ring (bicyclic) bond motifs is 2. The molecule has 2 bridgehead atoms. The number of rotatable bonds is 6. The predicted octanol–water partition coefficient (Wildman–Crippen LogP) is 5.37. The molecule has 4 fully saturated rings. The summed E-state index contributed by atoms with van der Waals surface area (Å²) in [6, 6.07) is 0.376. The van der Waals surface area contributed by atoms with Crippen LogP contribution in [0.1, 0.15) is 77.5 Å². The highest BCUT2D eigenvalue weighted by molar-refractivity contribution is 5.90. The predicted molar refractivity (Wildman–Crippen MR) is 110 cm³/mol. The van der Waals surface area contributed by atoms with E-state index in [1.807, 2.05) is 6.92 Å². The molecular weight excluding hydrogens is 336 g/mol. The van der Waals surface area contributed by atoms with Crippen LogP contribution in [0.2, 0.25) is 0 Å². The summed E-state index contributed by atoms with van der Waals surface area (Å²) in [7, 11) is 0. The fraction of sp³-hybridized carbons (Fsp3) is 0.682. The van der Waals surface area contributed by atoms with Crippen molar-refractivity contribution in [3.05, 3.63) is 12.3 Å². The lowest BCUT2D eigenvalue weighted by Gasteiger charge is -2.60. The molecule has 3 unspecified atom stereocenters. The lowest BCUT2D eigenvalue weighted by Crippen LogP contribution is -2.52. The SMILES string of the molecule is C=Cc1nc(NC(=O)CC2CCC3CC2C3(C)C)n(C2CCC2)c1N=CC. The molecule has 5 rings (SSSR count). The Morgan fingerprint density at radius 2 is 2.15 bits per heavy atom. The maximum Gasteiger partial charge on any atom is 0.226 e. The summed E-state index contributed by atoms with van der Waals surface area (Å²) in [6.07, 6.45) is 11.3. The molecule has 3 atom stereocenters. The molecule has 1 N–H and O–H groups in total. The number of nitrogens with zero attached hydrogens (tertiary/aromatic N) is 3. The molecule has 146 valence electrons. The van der Waals surface area contributed by atoms with Gasteiger partial charge in [0.1, 0.15) is 5.69 Å². The van der Waals surface area contributed by atoms with Crippen LogP contribution in [0.15, 0.2) is 11.6 Å². The van der Waals surface area contributed by atoms with Crippen LogP contribution in [0.4, 0.5) is 11.8 Å². The van der Waals surface area contributed by atoms with Gasteiger partial charge in [-0.3, -0.25) is 14.7 Å². The molecule has 0 spiro atoms. The molecule has 4 saturated carbocycles. The van der Waals surface area contributed by atoms with E-state index in [2.05, 4.69) is 40.3 Å². The number of hydrogen-bond donors (Lipinski definition) is 1. The minimum absolute atomic E-state index is 0.0920. The van der Waals surface area contributed by atoms with E-state index in [9.17, 15) is 4.79 Å². The highest BCUT2D eigenvalue weighted by atomic mass is 16.1. The van der Waals surface area contributed by atoms with Gasteiger partial charge in [0, 0.05) is 18.7 Å². The van der Waals surface area contributed by atoms with Gasteiger partial charge in [-0.1, -0.05) is 20.4 Å². The van der Waals surface area contributed by atoms with Gasteiger partial charge in [-0.05, 0) is 74.7 Å². The van der Waals surface area contributed by atoms with Crippen molar-refractivity contribution in [2.75, 3.05) is 5.32 Å². The van der Waals surface area contributed by atoms with Gasteiger partial charge >= 0.3 is 0 Å². The molecule has 4 aliphatic rings. The number of aromatic nitrogens is 2. The van der Waals surface area contributed by atoms with Gasteiger partial charge < -0.3 is 0 Å². The zero-order chi connectivity index (χ0) is 19.2. The van der Waals surface area contributed by atoms with E-state index < -0.39 is 0 Å². The highest BCUT2D eigenvalue weighted by Gasteiger charge is 2.54. The Hall–Kier alpha value is -1.91. The van der Waals surface area contributed by atoms with Gasteiger partial charge in [0.2, 0.25) is 11.9 Å². The van der Waals surface area contributed by atoms with E-state index in [4.69, 9.17) is 0 Å². The third-order valence-electron chi connectivity index (χ3n) is 7.50. The summed E-state index contributed by atoms with van der Waals surface area (Å²) in [5.74, 6) is 3.61. The van der Waals surface area contributed by atoms with Crippen molar-refractivity contribution in [1.29, 1.82) is 0 Å². The third kappa shape index (κ3) is 3.05. The zero-order valence-corrected chi connectivity index (χ0v) is 16.9. The van der Waals surface area contributed by atoms with Crippen LogP contribution in [0.25, 0.3) is 6.08 Å². The Kier molecular flexibility index (Phi) is 4.73. The zero-order valence-electron chi connectivity index (χ0n) is 16.9. The molecule has 1 aromatic heterocycles. The number of amides is 1. The quantitative estimate of drug-likeness (QED) is 0.686. The molecule has 0 aliphatic heterocycles. The van der Waals surface area contributed by atoms with Crippen LogP contribution in [0.5, 0.6) is 0 Å². The second-order valence-electron chi connectivity index (χ2n) is 9.14. The number of aliphatic imine (C=N–C) groups is 1. The van der Waals surface area contributed by atoms with Crippen molar-refractivity contribution in [3.8, 4) is 0 Å². The second kappa shape index (κ2) is 6.92.